The molecule has 1 saturated heterocycles. The lowest BCUT2D eigenvalue weighted by molar-refractivity contribution is -0.275. The van der Waals surface area contributed by atoms with E-state index in [1.807, 2.05) is 48.5 Å². The average Bonchev–Trinajstić information content (AvgIpc) is 2.93. The van der Waals surface area contributed by atoms with Crippen LogP contribution in [0, 0.1) is 5.92 Å². The van der Waals surface area contributed by atoms with Gasteiger partial charge in [0, 0.05) is 48.6 Å². The first-order valence-electron chi connectivity index (χ1n) is 12.7. The Kier molecular flexibility index (Phi) is 10.2. The SMILES string of the molecule is C[C@@H]1[C@H](CN(C)CCc2ccccn2)O[C@H](c2cccc(NC(=O)C(Cl)(Cl)Cl)c2)O[C@@H]1c1ccc(CO)cc1. The number of nitrogens with zero attached hydrogens (tertiary/aromatic N) is 2. The number of nitrogens with one attached hydrogen (secondary N) is 1. The highest BCUT2D eigenvalue weighted by atomic mass is 35.6. The fourth-order valence-corrected chi connectivity index (χ4v) is 4.68. The van der Waals surface area contributed by atoms with E-state index in [-0.39, 0.29) is 24.7 Å². The van der Waals surface area contributed by atoms with E-state index >= 15 is 0 Å². The Hall–Kier alpha value is -2.23. The molecule has 1 amide bonds. The Bertz CT molecular complexity index is 1220. The van der Waals surface area contributed by atoms with Crippen LogP contribution < -0.4 is 5.32 Å². The van der Waals surface area contributed by atoms with Gasteiger partial charge in [-0.3, -0.25) is 9.78 Å². The second kappa shape index (κ2) is 13.4. The Labute approximate surface area is 244 Å². The number of hydrogen-bond donors (Lipinski definition) is 2. The zero-order valence-corrected chi connectivity index (χ0v) is 24.0. The average molecular weight is 593 g/mol. The molecule has 208 valence electrons. The first-order chi connectivity index (χ1) is 18.6. The number of anilines is 1. The summed E-state index contributed by atoms with van der Waals surface area (Å²) in [6.45, 7) is 3.60. The molecule has 1 fully saturated rings. The number of halogens is 3. The number of aliphatic hydroxyl groups is 1. The Morgan fingerprint density at radius 3 is 2.49 bits per heavy atom. The van der Waals surface area contributed by atoms with Crippen molar-refractivity contribution in [2.24, 2.45) is 5.92 Å². The van der Waals surface area contributed by atoms with Gasteiger partial charge in [0.1, 0.15) is 0 Å². The van der Waals surface area contributed by atoms with Crippen molar-refractivity contribution in [1.82, 2.24) is 9.88 Å². The van der Waals surface area contributed by atoms with Gasteiger partial charge < -0.3 is 24.8 Å². The van der Waals surface area contributed by atoms with E-state index in [1.54, 1.807) is 24.4 Å². The summed E-state index contributed by atoms with van der Waals surface area (Å²) in [5.74, 6) is -0.719. The molecule has 2 N–H and O–H groups in total. The highest BCUT2D eigenvalue weighted by Crippen LogP contribution is 2.42. The van der Waals surface area contributed by atoms with Gasteiger partial charge in [-0.25, -0.2) is 0 Å². The molecule has 0 radical (unpaired) electrons. The maximum absolute atomic E-state index is 12.2. The van der Waals surface area contributed by atoms with Crippen molar-refractivity contribution in [2.75, 3.05) is 25.5 Å². The number of likely N-dealkylation sites (N-methyl/N-ethyl adjacent to an activating group) is 1. The third kappa shape index (κ3) is 8.14. The van der Waals surface area contributed by atoms with Crippen LogP contribution >= 0.6 is 34.8 Å². The molecule has 4 rings (SSSR count). The van der Waals surface area contributed by atoms with Crippen LogP contribution in [0.15, 0.2) is 72.9 Å². The molecule has 10 heteroatoms. The van der Waals surface area contributed by atoms with Crippen LogP contribution in [0.5, 0.6) is 0 Å². The minimum atomic E-state index is -2.08. The van der Waals surface area contributed by atoms with Gasteiger partial charge in [0.2, 0.25) is 0 Å². The molecule has 1 aliphatic rings. The molecule has 2 heterocycles. The van der Waals surface area contributed by atoms with Crippen molar-refractivity contribution in [3.05, 3.63) is 95.3 Å². The van der Waals surface area contributed by atoms with Gasteiger partial charge in [-0.2, -0.15) is 0 Å². The topological polar surface area (TPSA) is 83.9 Å². The predicted octanol–water partition coefficient (Wildman–Crippen LogP) is 5.85. The van der Waals surface area contributed by atoms with E-state index in [0.717, 1.165) is 35.3 Å². The van der Waals surface area contributed by atoms with Crippen LogP contribution in [0.2, 0.25) is 0 Å². The van der Waals surface area contributed by atoms with Gasteiger partial charge in [-0.1, -0.05) is 84.2 Å². The number of pyridine rings is 1. The van der Waals surface area contributed by atoms with E-state index in [9.17, 15) is 9.90 Å². The molecule has 3 aromatic rings. The lowest BCUT2D eigenvalue weighted by atomic mass is 9.90. The molecule has 1 aromatic heterocycles. The second-order valence-corrected chi connectivity index (χ2v) is 12.0. The number of hydrogen-bond acceptors (Lipinski definition) is 6. The van der Waals surface area contributed by atoms with Crippen LogP contribution in [0.3, 0.4) is 0 Å². The minimum Gasteiger partial charge on any atom is -0.392 e. The Balaban J connectivity index is 1.55. The summed E-state index contributed by atoms with van der Waals surface area (Å²) < 4.78 is 10.9. The zero-order chi connectivity index (χ0) is 28.0. The lowest BCUT2D eigenvalue weighted by Gasteiger charge is -2.42. The summed E-state index contributed by atoms with van der Waals surface area (Å²) in [6, 6.07) is 20.8. The summed E-state index contributed by atoms with van der Waals surface area (Å²) in [7, 11) is 2.07. The fraction of sp³-hybridized carbons (Fsp3) is 0.379. The van der Waals surface area contributed by atoms with E-state index in [2.05, 4.69) is 29.2 Å². The third-order valence-electron chi connectivity index (χ3n) is 6.76. The van der Waals surface area contributed by atoms with E-state index in [4.69, 9.17) is 44.3 Å². The van der Waals surface area contributed by atoms with Crippen molar-refractivity contribution >= 4 is 46.4 Å². The molecule has 0 saturated carbocycles. The van der Waals surface area contributed by atoms with Gasteiger partial charge in [-0.15, -0.1) is 0 Å². The number of aliphatic hydroxyl groups excluding tert-OH is 1. The fourth-order valence-electron chi connectivity index (χ4n) is 4.54. The summed E-state index contributed by atoms with van der Waals surface area (Å²) >= 11 is 17.2. The Morgan fingerprint density at radius 1 is 1.05 bits per heavy atom. The lowest BCUT2D eigenvalue weighted by Crippen LogP contribution is -2.44. The zero-order valence-electron chi connectivity index (χ0n) is 21.8. The van der Waals surface area contributed by atoms with E-state index < -0.39 is 16.0 Å². The number of ether oxygens (including phenoxy) is 2. The number of benzene rings is 2. The van der Waals surface area contributed by atoms with Crippen LogP contribution in [-0.2, 0) is 27.3 Å². The molecule has 0 bridgehead atoms. The maximum Gasteiger partial charge on any atom is 0.276 e. The number of rotatable bonds is 9. The van der Waals surface area contributed by atoms with Crippen molar-refractivity contribution in [3.8, 4) is 0 Å². The van der Waals surface area contributed by atoms with Crippen molar-refractivity contribution < 1.29 is 19.4 Å². The van der Waals surface area contributed by atoms with Gasteiger partial charge in [0.15, 0.2) is 6.29 Å². The number of aromatic nitrogens is 1. The monoisotopic (exact) mass is 591 g/mol. The predicted molar refractivity (Wildman–Crippen MR) is 154 cm³/mol. The molecule has 4 atom stereocenters. The summed E-state index contributed by atoms with van der Waals surface area (Å²) in [5.41, 5.74) is 4.05. The van der Waals surface area contributed by atoms with Gasteiger partial charge >= 0.3 is 0 Å². The summed E-state index contributed by atoms with van der Waals surface area (Å²) in [6.07, 6.45) is 1.53. The first-order valence-corrected chi connectivity index (χ1v) is 13.8. The molecule has 2 aromatic carbocycles. The van der Waals surface area contributed by atoms with Crippen LogP contribution in [0.1, 0.15) is 41.7 Å². The number of carbonyl (C=O) groups is 1. The highest BCUT2D eigenvalue weighted by molar-refractivity contribution is 6.76. The first kappa shape index (κ1) is 29.7. The van der Waals surface area contributed by atoms with Crippen LogP contribution in [-0.4, -0.2) is 50.9 Å². The molecular weight excluding hydrogens is 561 g/mol. The highest BCUT2D eigenvalue weighted by Gasteiger charge is 2.39. The number of amides is 1. The van der Waals surface area contributed by atoms with Crippen LogP contribution in [0.25, 0.3) is 0 Å². The van der Waals surface area contributed by atoms with Crippen molar-refractivity contribution in [1.29, 1.82) is 0 Å². The van der Waals surface area contributed by atoms with Gasteiger partial charge in [0.25, 0.3) is 9.70 Å². The normalized spacial score (nSPS) is 21.6. The molecular formula is C29H32Cl3N3O4. The van der Waals surface area contributed by atoms with Gasteiger partial charge in [0.05, 0.1) is 18.8 Å². The number of carbonyl (C=O) groups excluding carboxylic acids is 1. The molecule has 0 unspecified atom stereocenters. The van der Waals surface area contributed by atoms with E-state index in [1.165, 1.54) is 0 Å². The summed E-state index contributed by atoms with van der Waals surface area (Å²) in [5, 5.41) is 12.1. The molecule has 1 aliphatic heterocycles. The quantitative estimate of drug-likeness (QED) is 0.304. The minimum absolute atomic E-state index is 0.0243. The van der Waals surface area contributed by atoms with Crippen molar-refractivity contribution in [2.45, 2.75) is 42.2 Å². The second-order valence-electron chi connectivity index (χ2n) is 9.73. The van der Waals surface area contributed by atoms with Crippen molar-refractivity contribution in [3.63, 3.8) is 0 Å². The molecule has 0 aliphatic carbocycles. The molecule has 0 spiro atoms. The smallest absolute Gasteiger partial charge is 0.276 e. The summed E-state index contributed by atoms with van der Waals surface area (Å²) in [4.78, 5) is 18.9. The van der Waals surface area contributed by atoms with Gasteiger partial charge in [-0.05, 0) is 42.4 Å². The number of alkyl halides is 3. The largest absolute Gasteiger partial charge is 0.392 e. The molecule has 7 nitrogen and oxygen atoms in total. The van der Waals surface area contributed by atoms with E-state index in [0.29, 0.717) is 12.2 Å². The standard InChI is InChI=1S/C29H32Cl3N3O4/c1-19-25(17-35(2)15-13-23-7-3-4-14-33-23)38-27(39-26(19)21-11-9-20(18-36)10-12-21)22-6-5-8-24(16-22)34-28(37)29(30,31)32/h3-12,14,16,19,25-27,36H,13,15,17-18H2,1-2H3,(H,34,37)/t19-,25+,26+,27+/m1/s1. The third-order valence-corrected chi connectivity index (χ3v) is 7.28. The maximum atomic E-state index is 12.2. The van der Waals surface area contributed by atoms with Crippen LogP contribution in [0.4, 0.5) is 5.69 Å². The molecule has 39 heavy (non-hydrogen) atoms. The Morgan fingerprint density at radius 2 is 1.82 bits per heavy atom.